The maximum Gasteiger partial charge on any atom is -0.00187 e. The second-order valence-electron chi connectivity index (χ2n) is 15.9. The van der Waals surface area contributed by atoms with Crippen LogP contribution in [0.1, 0.15) is 278 Å². The van der Waals surface area contributed by atoms with Crippen LogP contribution in [0.4, 0.5) is 0 Å². The first-order valence-corrected chi connectivity index (χ1v) is 23.1. The van der Waals surface area contributed by atoms with E-state index in [-0.39, 0.29) is 0 Å². The van der Waals surface area contributed by atoms with Crippen LogP contribution < -0.4 is 0 Å². The molecule has 284 valence electrons. The van der Waals surface area contributed by atoms with Crippen LogP contribution in [-0.4, -0.2) is 24.5 Å². The third-order valence-corrected chi connectivity index (χ3v) is 11.0. The molecule has 0 N–H and O–H groups in total. The molecule has 0 saturated heterocycles. The number of hydrogen-bond acceptors (Lipinski definition) is 1. The molecule has 47 heavy (non-hydrogen) atoms. The van der Waals surface area contributed by atoms with Crippen LogP contribution in [-0.2, 0) is 0 Å². The molecule has 0 radical (unpaired) electrons. The first-order valence-electron chi connectivity index (χ1n) is 23.1. The van der Waals surface area contributed by atoms with Crippen molar-refractivity contribution in [3.8, 4) is 0 Å². The van der Waals surface area contributed by atoms with E-state index in [2.05, 4.69) is 25.7 Å². The highest BCUT2D eigenvalue weighted by atomic mass is 15.1. The predicted octanol–water partition coefficient (Wildman–Crippen LogP) is 17.0. The second kappa shape index (κ2) is 44.0. The fourth-order valence-electron chi connectivity index (χ4n) is 7.57. The average molecular weight is 662 g/mol. The number of nitrogens with zero attached hydrogens (tertiary/aromatic N) is 1. The quantitative estimate of drug-likeness (QED) is 0.0588. The van der Waals surface area contributed by atoms with Crippen molar-refractivity contribution in [1.82, 2.24) is 4.90 Å². The van der Waals surface area contributed by atoms with Crippen LogP contribution in [0, 0.1) is 0 Å². The molecule has 0 aliphatic rings. The summed E-state index contributed by atoms with van der Waals surface area (Å²) in [4.78, 5) is 2.87. The summed E-state index contributed by atoms with van der Waals surface area (Å²) in [6.07, 6.45) is 58.6. The minimum Gasteiger partial charge on any atom is -0.303 e. The molecule has 0 unspecified atom stereocenters. The minimum absolute atomic E-state index is 1.37. The van der Waals surface area contributed by atoms with E-state index in [0.717, 1.165) is 0 Å². The van der Waals surface area contributed by atoms with Crippen LogP contribution in [0.2, 0.25) is 0 Å². The van der Waals surface area contributed by atoms with Gasteiger partial charge >= 0.3 is 0 Å². The molecule has 0 saturated carbocycles. The molecule has 0 spiro atoms. The molecule has 0 fully saturated rings. The molecule has 0 heterocycles. The van der Waals surface area contributed by atoms with Crippen molar-refractivity contribution < 1.29 is 0 Å². The standard InChI is InChI=1S/C46H95N/c1-4-7-10-13-16-19-22-24-26-28-30-33-36-39-42-45-47(44-41-38-35-32-21-18-15-12-9-6-3)46-43-40-37-34-31-29-27-25-23-20-17-14-11-8-5-2/h4-46H2,1-3H3. The Morgan fingerprint density at radius 2 is 0.298 bits per heavy atom. The Hall–Kier alpha value is -0.0400. The summed E-state index contributed by atoms with van der Waals surface area (Å²) < 4.78 is 0. The number of rotatable bonds is 43. The van der Waals surface area contributed by atoms with Crippen molar-refractivity contribution in [3.63, 3.8) is 0 Å². The lowest BCUT2D eigenvalue weighted by atomic mass is 10.0. The van der Waals surface area contributed by atoms with Crippen molar-refractivity contribution in [3.05, 3.63) is 0 Å². The van der Waals surface area contributed by atoms with Gasteiger partial charge in [-0.2, -0.15) is 0 Å². The third-order valence-electron chi connectivity index (χ3n) is 11.0. The zero-order valence-electron chi connectivity index (χ0n) is 33.9. The Morgan fingerprint density at radius 3 is 0.447 bits per heavy atom. The van der Waals surface area contributed by atoms with Crippen LogP contribution in [0.15, 0.2) is 0 Å². The normalized spacial score (nSPS) is 11.7. The van der Waals surface area contributed by atoms with Gasteiger partial charge in [-0.25, -0.2) is 0 Å². The van der Waals surface area contributed by atoms with E-state index in [1.807, 2.05) is 0 Å². The maximum absolute atomic E-state index is 2.87. The lowest BCUT2D eigenvalue weighted by Crippen LogP contribution is -2.27. The Morgan fingerprint density at radius 1 is 0.170 bits per heavy atom. The zero-order chi connectivity index (χ0) is 34.0. The summed E-state index contributed by atoms with van der Waals surface area (Å²) in [5.74, 6) is 0. The van der Waals surface area contributed by atoms with E-state index in [0.29, 0.717) is 0 Å². The largest absolute Gasteiger partial charge is 0.303 e. The molecule has 0 aliphatic heterocycles. The van der Waals surface area contributed by atoms with Gasteiger partial charge < -0.3 is 4.90 Å². The topological polar surface area (TPSA) is 3.24 Å². The van der Waals surface area contributed by atoms with E-state index >= 15 is 0 Å². The van der Waals surface area contributed by atoms with Crippen molar-refractivity contribution in [2.45, 2.75) is 278 Å². The SMILES string of the molecule is CCCCCCCCCCCCCCCCCN(CCCCCCCCCCCC)CCCCCCCCCCCCCCCCC. The molecule has 0 bridgehead atoms. The van der Waals surface area contributed by atoms with Gasteiger partial charge in [0.2, 0.25) is 0 Å². The van der Waals surface area contributed by atoms with Crippen molar-refractivity contribution >= 4 is 0 Å². The van der Waals surface area contributed by atoms with Crippen LogP contribution in [0.5, 0.6) is 0 Å². The molecule has 0 aromatic carbocycles. The van der Waals surface area contributed by atoms with Gasteiger partial charge in [0.05, 0.1) is 0 Å². The summed E-state index contributed by atoms with van der Waals surface area (Å²) in [6, 6.07) is 0. The van der Waals surface area contributed by atoms with Gasteiger partial charge in [0.1, 0.15) is 0 Å². The van der Waals surface area contributed by atoms with E-state index in [1.165, 1.54) is 276 Å². The first kappa shape index (κ1) is 47.0. The van der Waals surface area contributed by atoms with E-state index in [4.69, 9.17) is 0 Å². The van der Waals surface area contributed by atoms with Gasteiger partial charge in [-0.15, -0.1) is 0 Å². The average Bonchev–Trinajstić information content (AvgIpc) is 3.08. The third kappa shape index (κ3) is 42.0. The fourth-order valence-corrected chi connectivity index (χ4v) is 7.57. The molecule has 0 aliphatic carbocycles. The molecule has 0 atom stereocenters. The van der Waals surface area contributed by atoms with E-state index < -0.39 is 0 Å². The summed E-state index contributed by atoms with van der Waals surface area (Å²) in [7, 11) is 0. The van der Waals surface area contributed by atoms with Gasteiger partial charge in [-0.3, -0.25) is 0 Å². The minimum atomic E-state index is 1.37. The Bertz CT molecular complexity index is 481. The van der Waals surface area contributed by atoms with E-state index in [1.54, 1.807) is 0 Å². The molecule has 1 heteroatoms. The highest BCUT2D eigenvalue weighted by Gasteiger charge is 2.05. The Balaban J connectivity index is 3.87. The van der Waals surface area contributed by atoms with Gasteiger partial charge in [-0.1, -0.05) is 258 Å². The second-order valence-corrected chi connectivity index (χ2v) is 15.9. The molecule has 0 amide bonds. The highest BCUT2D eigenvalue weighted by Crippen LogP contribution is 2.16. The summed E-state index contributed by atoms with van der Waals surface area (Å²) >= 11 is 0. The van der Waals surface area contributed by atoms with Crippen molar-refractivity contribution in [2.24, 2.45) is 0 Å². The number of hydrogen-bond donors (Lipinski definition) is 0. The first-order chi connectivity index (χ1) is 23.3. The molecule has 1 nitrogen and oxygen atoms in total. The van der Waals surface area contributed by atoms with E-state index in [9.17, 15) is 0 Å². The van der Waals surface area contributed by atoms with Crippen LogP contribution in [0.3, 0.4) is 0 Å². The van der Waals surface area contributed by atoms with Gasteiger partial charge in [0, 0.05) is 0 Å². The number of unbranched alkanes of at least 4 members (excludes halogenated alkanes) is 37. The maximum atomic E-state index is 2.87. The summed E-state index contributed by atoms with van der Waals surface area (Å²) in [6.45, 7) is 11.1. The smallest absolute Gasteiger partial charge is 0.00187 e. The zero-order valence-corrected chi connectivity index (χ0v) is 33.9. The lowest BCUT2D eigenvalue weighted by Gasteiger charge is -2.22. The fraction of sp³-hybridized carbons (Fsp3) is 1.00. The Labute approximate surface area is 301 Å². The summed E-state index contributed by atoms with van der Waals surface area (Å²) in [5, 5.41) is 0. The molecule has 0 rings (SSSR count). The highest BCUT2D eigenvalue weighted by molar-refractivity contribution is 4.61. The summed E-state index contributed by atoms with van der Waals surface area (Å²) in [5.41, 5.74) is 0. The molecule has 0 aromatic heterocycles. The van der Waals surface area contributed by atoms with Gasteiger partial charge in [0.15, 0.2) is 0 Å². The molecular weight excluding hydrogens is 567 g/mol. The van der Waals surface area contributed by atoms with Gasteiger partial charge in [0.25, 0.3) is 0 Å². The monoisotopic (exact) mass is 662 g/mol. The van der Waals surface area contributed by atoms with Crippen LogP contribution >= 0.6 is 0 Å². The Kier molecular flexibility index (Phi) is 43.9. The van der Waals surface area contributed by atoms with Crippen molar-refractivity contribution in [1.29, 1.82) is 0 Å². The lowest BCUT2D eigenvalue weighted by molar-refractivity contribution is 0.254. The predicted molar refractivity (Wildman–Crippen MR) is 218 cm³/mol. The molecule has 0 aromatic rings. The van der Waals surface area contributed by atoms with Gasteiger partial charge in [-0.05, 0) is 38.9 Å². The van der Waals surface area contributed by atoms with Crippen molar-refractivity contribution in [2.75, 3.05) is 19.6 Å². The molecular formula is C46H95N. The van der Waals surface area contributed by atoms with Crippen LogP contribution in [0.25, 0.3) is 0 Å².